The first-order chi connectivity index (χ1) is 12.8. The van der Waals surface area contributed by atoms with Gasteiger partial charge in [-0.2, -0.15) is 0 Å². The Balaban J connectivity index is 1.89. The van der Waals surface area contributed by atoms with Crippen LogP contribution in [0.3, 0.4) is 0 Å². The minimum absolute atomic E-state index is 0.225. The van der Waals surface area contributed by atoms with Crippen molar-refractivity contribution in [3.05, 3.63) is 70.8 Å². The number of carboxylic acids is 1. The number of benzene rings is 2. The largest absolute Gasteiger partial charge is 0.481 e. The van der Waals surface area contributed by atoms with Crippen LogP contribution in [-0.2, 0) is 4.79 Å². The molecule has 5 nitrogen and oxygen atoms in total. The normalized spacial score (nSPS) is 19.3. The van der Waals surface area contributed by atoms with Crippen molar-refractivity contribution in [2.45, 2.75) is 33.2 Å². The Morgan fingerprint density at radius 1 is 1.04 bits per heavy atom. The Kier molecular flexibility index (Phi) is 5.22. The van der Waals surface area contributed by atoms with E-state index in [9.17, 15) is 14.7 Å². The van der Waals surface area contributed by atoms with Crippen LogP contribution in [0.5, 0.6) is 0 Å². The maximum atomic E-state index is 13.0. The molecule has 0 saturated carbocycles. The Hall–Kier alpha value is -2.82. The third kappa shape index (κ3) is 3.82. The molecule has 1 saturated heterocycles. The molecule has 2 aromatic carbocycles. The van der Waals surface area contributed by atoms with Gasteiger partial charge in [0.05, 0.1) is 11.5 Å². The number of amides is 2. The highest BCUT2D eigenvalue weighted by Crippen LogP contribution is 2.32. The fourth-order valence-corrected chi connectivity index (χ4v) is 3.67. The van der Waals surface area contributed by atoms with E-state index in [0.717, 1.165) is 22.3 Å². The molecular formula is C22H26N2O3. The van der Waals surface area contributed by atoms with Crippen LogP contribution in [0.2, 0.25) is 0 Å². The van der Waals surface area contributed by atoms with E-state index in [-0.39, 0.29) is 18.6 Å². The summed E-state index contributed by atoms with van der Waals surface area (Å²) in [6, 6.07) is 15.5. The van der Waals surface area contributed by atoms with E-state index >= 15 is 0 Å². The fraction of sp³-hybridized carbons (Fsp3) is 0.364. The van der Waals surface area contributed by atoms with E-state index in [4.69, 9.17) is 0 Å². The number of carbonyl (C=O) groups is 2. The van der Waals surface area contributed by atoms with E-state index in [1.54, 1.807) is 11.8 Å². The van der Waals surface area contributed by atoms with Crippen LogP contribution in [0, 0.1) is 19.3 Å². The van der Waals surface area contributed by atoms with E-state index in [2.05, 4.69) is 5.32 Å². The van der Waals surface area contributed by atoms with Crippen molar-refractivity contribution in [2.75, 3.05) is 13.1 Å². The number of likely N-dealkylation sites (tertiary alicyclic amines) is 1. The minimum Gasteiger partial charge on any atom is -0.481 e. The number of nitrogens with one attached hydrogen (secondary N) is 1. The van der Waals surface area contributed by atoms with Gasteiger partial charge in [0.15, 0.2) is 0 Å². The van der Waals surface area contributed by atoms with Gasteiger partial charge in [0.2, 0.25) is 0 Å². The van der Waals surface area contributed by atoms with Gasteiger partial charge in [0, 0.05) is 13.1 Å². The van der Waals surface area contributed by atoms with Crippen molar-refractivity contribution >= 4 is 12.0 Å². The number of carbonyl (C=O) groups excluding carboxylic acids is 1. The van der Waals surface area contributed by atoms with Crippen LogP contribution < -0.4 is 5.32 Å². The summed E-state index contributed by atoms with van der Waals surface area (Å²) in [5.74, 6) is -0.854. The number of hydrogen-bond acceptors (Lipinski definition) is 2. The van der Waals surface area contributed by atoms with Crippen LogP contribution in [0.4, 0.5) is 4.79 Å². The molecule has 2 aromatic rings. The van der Waals surface area contributed by atoms with Crippen LogP contribution in [0.25, 0.3) is 0 Å². The molecule has 27 heavy (non-hydrogen) atoms. The van der Waals surface area contributed by atoms with Gasteiger partial charge in [-0.3, -0.25) is 4.79 Å². The molecule has 1 heterocycles. The van der Waals surface area contributed by atoms with Crippen LogP contribution in [0.1, 0.15) is 41.6 Å². The number of nitrogens with zero attached hydrogens (tertiary/aromatic N) is 1. The second-order valence-electron chi connectivity index (χ2n) is 7.63. The zero-order chi connectivity index (χ0) is 19.6. The third-order valence-corrected chi connectivity index (χ3v) is 5.54. The van der Waals surface area contributed by atoms with Crippen molar-refractivity contribution < 1.29 is 14.7 Å². The summed E-state index contributed by atoms with van der Waals surface area (Å²) in [7, 11) is 0. The summed E-state index contributed by atoms with van der Waals surface area (Å²) in [4.78, 5) is 26.1. The molecule has 0 aromatic heterocycles. The first kappa shape index (κ1) is 19.0. The van der Waals surface area contributed by atoms with Crippen molar-refractivity contribution in [2.24, 2.45) is 5.41 Å². The van der Waals surface area contributed by atoms with Gasteiger partial charge in [-0.1, -0.05) is 48.5 Å². The molecule has 3 rings (SSSR count). The number of hydrogen-bond donors (Lipinski definition) is 2. The van der Waals surface area contributed by atoms with E-state index in [1.165, 1.54) is 0 Å². The predicted molar refractivity (Wildman–Crippen MR) is 105 cm³/mol. The highest BCUT2D eigenvalue weighted by molar-refractivity contribution is 5.80. The second-order valence-corrected chi connectivity index (χ2v) is 7.63. The van der Waals surface area contributed by atoms with E-state index in [0.29, 0.717) is 13.0 Å². The lowest BCUT2D eigenvalue weighted by molar-refractivity contribution is -0.147. The maximum absolute atomic E-state index is 13.0. The first-order valence-electron chi connectivity index (χ1n) is 9.22. The first-order valence-corrected chi connectivity index (χ1v) is 9.22. The predicted octanol–water partition coefficient (Wildman–Crippen LogP) is 3.90. The summed E-state index contributed by atoms with van der Waals surface area (Å²) in [6.45, 7) is 6.43. The number of aliphatic carboxylic acids is 1. The number of aryl methyl sites for hydroxylation is 2. The maximum Gasteiger partial charge on any atom is 0.318 e. The Labute approximate surface area is 160 Å². The topological polar surface area (TPSA) is 69.6 Å². The molecule has 0 bridgehead atoms. The molecule has 142 valence electrons. The molecule has 1 aliphatic rings. The highest BCUT2D eigenvalue weighted by Gasteiger charge is 2.42. The summed E-state index contributed by atoms with van der Waals surface area (Å²) < 4.78 is 0. The lowest BCUT2D eigenvalue weighted by atomic mass is 9.90. The standard InChI is InChI=1S/C22H26N2O3/c1-15-8-4-6-10-17(15)19(18-11-7-5-9-16(18)2)23-21(27)24-13-12-22(3,14-24)20(25)26/h4-11,19H,12-14H2,1-3H3,(H,23,27)(H,25,26). The molecule has 0 aliphatic carbocycles. The monoisotopic (exact) mass is 366 g/mol. The van der Waals surface area contributed by atoms with Crippen LogP contribution >= 0.6 is 0 Å². The Morgan fingerprint density at radius 3 is 2.00 bits per heavy atom. The summed E-state index contributed by atoms with van der Waals surface area (Å²) in [5, 5.41) is 12.6. The van der Waals surface area contributed by atoms with E-state index in [1.807, 2.05) is 62.4 Å². The zero-order valence-corrected chi connectivity index (χ0v) is 16.0. The van der Waals surface area contributed by atoms with Gasteiger partial charge < -0.3 is 15.3 Å². The molecule has 0 radical (unpaired) electrons. The van der Waals surface area contributed by atoms with Gasteiger partial charge in [0.25, 0.3) is 0 Å². The lowest BCUT2D eigenvalue weighted by Crippen LogP contribution is -2.42. The number of rotatable bonds is 4. The minimum atomic E-state index is -0.877. The van der Waals surface area contributed by atoms with Gasteiger partial charge in [-0.15, -0.1) is 0 Å². The smallest absolute Gasteiger partial charge is 0.318 e. The molecule has 2 N–H and O–H groups in total. The molecule has 1 atom stereocenters. The Morgan fingerprint density at radius 2 is 1.56 bits per heavy atom. The zero-order valence-electron chi connectivity index (χ0n) is 16.0. The van der Waals surface area contributed by atoms with Gasteiger partial charge >= 0.3 is 12.0 Å². The van der Waals surface area contributed by atoms with Crippen molar-refractivity contribution in [3.8, 4) is 0 Å². The van der Waals surface area contributed by atoms with Gasteiger partial charge in [0.1, 0.15) is 0 Å². The third-order valence-electron chi connectivity index (χ3n) is 5.54. The molecule has 1 aliphatic heterocycles. The average molecular weight is 366 g/mol. The van der Waals surface area contributed by atoms with E-state index < -0.39 is 11.4 Å². The lowest BCUT2D eigenvalue weighted by Gasteiger charge is -2.27. The molecular weight excluding hydrogens is 340 g/mol. The highest BCUT2D eigenvalue weighted by atomic mass is 16.4. The SMILES string of the molecule is Cc1ccccc1C(NC(=O)N1CCC(C)(C(=O)O)C1)c1ccccc1C. The van der Waals surface area contributed by atoms with Gasteiger partial charge in [-0.25, -0.2) is 4.79 Å². The fourth-order valence-electron chi connectivity index (χ4n) is 3.67. The summed E-state index contributed by atoms with van der Waals surface area (Å²) in [5.41, 5.74) is 3.41. The molecule has 1 unspecified atom stereocenters. The second kappa shape index (κ2) is 7.43. The van der Waals surface area contributed by atoms with Crippen LogP contribution in [-0.4, -0.2) is 35.1 Å². The van der Waals surface area contributed by atoms with Crippen molar-refractivity contribution in [3.63, 3.8) is 0 Å². The Bertz CT molecular complexity index is 819. The summed E-state index contributed by atoms with van der Waals surface area (Å²) >= 11 is 0. The molecule has 0 spiro atoms. The molecule has 2 amide bonds. The summed E-state index contributed by atoms with van der Waals surface area (Å²) in [6.07, 6.45) is 0.467. The van der Waals surface area contributed by atoms with Crippen molar-refractivity contribution in [1.82, 2.24) is 10.2 Å². The average Bonchev–Trinajstić information content (AvgIpc) is 3.05. The van der Waals surface area contributed by atoms with Crippen molar-refractivity contribution in [1.29, 1.82) is 0 Å². The quantitative estimate of drug-likeness (QED) is 0.862. The number of urea groups is 1. The van der Waals surface area contributed by atoms with Crippen LogP contribution in [0.15, 0.2) is 48.5 Å². The van der Waals surface area contributed by atoms with Gasteiger partial charge in [-0.05, 0) is 49.4 Å². The number of carboxylic acid groups (broad SMARTS) is 1. The molecule has 1 fully saturated rings. The molecule has 5 heteroatoms.